The molecule has 0 radical (unpaired) electrons. The van der Waals surface area contributed by atoms with Gasteiger partial charge in [-0.25, -0.2) is 0 Å². The van der Waals surface area contributed by atoms with Crippen LogP contribution in [0.2, 0.25) is 0 Å². The summed E-state index contributed by atoms with van der Waals surface area (Å²) in [6, 6.07) is 0.363. The van der Waals surface area contributed by atoms with E-state index >= 15 is 0 Å². The van der Waals surface area contributed by atoms with E-state index < -0.39 is 0 Å². The van der Waals surface area contributed by atoms with Gasteiger partial charge in [0.15, 0.2) is 0 Å². The molecule has 0 aromatic heterocycles. The maximum Gasteiger partial charge on any atom is 0.302 e. The van der Waals surface area contributed by atoms with Gasteiger partial charge >= 0.3 is 5.97 Å². The molecule has 114 valence electrons. The Balaban J connectivity index is 1.75. The molecule has 0 saturated heterocycles. The quantitative estimate of drug-likeness (QED) is 0.809. The van der Waals surface area contributed by atoms with Crippen LogP contribution in [0.15, 0.2) is 0 Å². The molecule has 2 saturated carbocycles. The first-order chi connectivity index (χ1) is 9.56. The van der Waals surface area contributed by atoms with Crippen molar-refractivity contribution in [2.75, 3.05) is 0 Å². The second kappa shape index (κ2) is 7.09. The Morgan fingerprint density at radius 2 is 1.65 bits per heavy atom. The Bertz CT molecular complexity index is 348. The summed E-state index contributed by atoms with van der Waals surface area (Å²) >= 11 is 0. The summed E-state index contributed by atoms with van der Waals surface area (Å²) in [6.45, 7) is 3.69. The molecule has 2 atom stereocenters. The predicted octanol–water partition coefficient (Wildman–Crippen LogP) is 2.80. The topological polar surface area (TPSA) is 55.4 Å². The summed E-state index contributed by atoms with van der Waals surface area (Å²) in [6.07, 6.45) is 8.20. The number of nitrogens with one attached hydrogen (secondary N) is 1. The highest BCUT2D eigenvalue weighted by Crippen LogP contribution is 2.28. The average molecular weight is 281 g/mol. The number of carbonyl (C=O) groups excluding carboxylic acids is 2. The van der Waals surface area contributed by atoms with Gasteiger partial charge in [0, 0.05) is 18.9 Å². The molecule has 0 spiro atoms. The molecule has 1 amide bonds. The molecule has 1 N–H and O–H groups in total. The van der Waals surface area contributed by atoms with Crippen LogP contribution >= 0.6 is 0 Å². The molecule has 2 aliphatic rings. The zero-order chi connectivity index (χ0) is 14.5. The molecule has 20 heavy (non-hydrogen) atoms. The molecule has 0 heterocycles. The minimum atomic E-state index is -0.214. The van der Waals surface area contributed by atoms with Crippen LogP contribution in [-0.2, 0) is 14.3 Å². The van der Waals surface area contributed by atoms with Crippen molar-refractivity contribution in [1.82, 2.24) is 5.32 Å². The van der Waals surface area contributed by atoms with E-state index in [1.54, 1.807) is 0 Å². The Labute approximate surface area is 121 Å². The van der Waals surface area contributed by atoms with Crippen molar-refractivity contribution in [2.45, 2.75) is 77.4 Å². The highest BCUT2D eigenvalue weighted by Gasteiger charge is 2.30. The second-order valence-electron chi connectivity index (χ2n) is 6.46. The summed E-state index contributed by atoms with van der Waals surface area (Å²) in [4.78, 5) is 23.2. The van der Waals surface area contributed by atoms with Crippen LogP contribution in [0.1, 0.15) is 65.2 Å². The van der Waals surface area contributed by atoms with Gasteiger partial charge in [0.1, 0.15) is 6.10 Å². The number of hydrogen-bond donors (Lipinski definition) is 1. The fourth-order valence-electron chi connectivity index (χ4n) is 3.51. The van der Waals surface area contributed by atoms with Crippen LogP contribution in [0.25, 0.3) is 0 Å². The lowest BCUT2D eigenvalue weighted by Crippen LogP contribution is -2.44. The molecular formula is C16H27NO3. The largest absolute Gasteiger partial charge is 0.463 e. The van der Waals surface area contributed by atoms with E-state index in [0.717, 1.165) is 32.1 Å². The first-order valence-corrected chi connectivity index (χ1v) is 8.04. The van der Waals surface area contributed by atoms with Gasteiger partial charge in [-0.15, -0.1) is 0 Å². The summed E-state index contributed by atoms with van der Waals surface area (Å²) in [5.74, 6) is 0.708. The van der Waals surface area contributed by atoms with Crippen LogP contribution in [-0.4, -0.2) is 24.0 Å². The fourth-order valence-corrected chi connectivity index (χ4v) is 3.51. The van der Waals surface area contributed by atoms with E-state index in [9.17, 15) is 9.59 Å². The highest BCUT2D eigenvalue weighted by atomic mass is 16.5. The van der Waals surface area contributed by atoms with E-state index in [1.807, 2.05) is 0 Å². The van der Waals surface area contributed by atoms with Gasteiger partial charge in [0.25, 0.3) is 0 Å². The lowest BCUT2D eigenvalue weighted by molar-refractivity contribution is -0.148. The van der Waals surface area contributed by atoms with Crippen molar-refractivity contribution in [3.63, 3.8) is 0 Å². The van der Waals surface area contributed by atoms with E-state index in [2.05, 4.69) is 12.2 Å². The average Bonchev–Trinajstić information content (AvgIpc) is 2.41. The Morgan fingerprint density at radius 1 is 1.00 bits per heavy atom. The molecule has 4 heteroatoms. The number of hydrogen-bond acceptors (Lipinski definition) is 3. The molecule has 0 aromatic carbocycles. The highest BCUT2D eigenvalue weighted by molar-refractivity contribution is 5.79. The van der Waals surface area contributed by atoms with Crippen LogP contribution in [0.4, 0.5) is 0 Å². The zero-order valence-corrected chi connectivity index (χ0v) is 12.7. The normalized spacial score (nSPS) is 34.3. The predicted molar refractivity (Wildman–Crippen MR) is 77.1 cm³/mol. The van der Waals surface area contributed by atoms with Crippen molar-refractivity contribution < 1.29 is 14.3 Å². The number of ether oxygens (including phenoxy) is 1. The van der Waals surface area contributed by atoms with Crippen LogP contribution < -0.4 is 5.32 Å². The maximum atomic E-state index is 12.3. The smallest absolute Gasteiger partial charge is 0.302 e. The van der Waals surface area contributed by atoms with Gasteiger partial charge in [0.2, 0.25) is 5.91 Å². The van der Waals surface area contributed by atoms with Crippen molar-refractivity contribution in [2.24, 2.45) is 11.8 Å². The molecule has 4 nitrogen and oxygen atoms in total. The molecule has 2 aliphatic carbocycles. The second-order valence-corrected chi connectivity index (χ2v) is 6.46. The fraction of sp³-hybridized carbons (Fsp3) is 0.875. The van der Waals surface area contributed by atoms with Gasteiger partial charge in [0.05, 0.1) is 0 Å². The van der Waals surface area contributed by atoms with Gasteiger partial charge in [-0.1, -0.05) is 19.8 Å². The van der Waals surface area contributed by atoms with E-state index in [0.29, 0.717) is 12.0 Å². The standard InChI is InChI=1S/C16H27NO3/c1-11-5-3-4-6-15(11)17-16(19)13-7-9-14(10-8-13)20-12(2)18/h11,13-15H,3-10H2,1-2H3,(H,17,19). The summed E-state index contributed by atoms with van der Waals surface area (Å²) < 4.78 is 5.22. The minimum absolute atomic E-state index is 0.0187. The van der Waals surface area contributed by atoms with Crippen LogP contribution in [0.3, 0.4) is 0 Å². The Kier molecular flexibility index (Phi) is 5.44. The molecule has 0 aromatic rings. The zero-order valence-electron chi connectivity index (χ0n) is 12.7. The third-order valence-corrected chi connectivity index (χ3v) is 4.82. The minimum Gasteiger partial charge on any atom is -0.463 e. The van der Waals surface area contributed by atoms with Crippen molar-refractivity contribution in [1.29, 1.82) is 0 Å². The van der Waals surface area contributed by atoms with Gasteiger partial charge in [-0.3, -0.25) is 9.59 Å². The summed E-state index contributed by atoms with van der Waals surface area (Å²) in [7, 11) is 0. The number of rotatable bonds is 3. The van der Waals surface area contributed by atoms with Gasteiger partial charge < -0.3 is 10.1 Å². The monoisotopic (exact) mass is 281 g/mol. The Morgan fingerprint density at radius 3 is 2.25 bits per heavy atom. The van der Waals surface area contributed by atoms with Gasteiger partial charge in [-0.2, -0.15) is 0 Å². The summed E-state index contributed by atoms with van der Waals surface area (Å²) in [5.41, 5.74) is 0. The lowest BCUT2D eigenvalue weighted by atomic mass is 9.83. The first kappa shape index (κ1) is 15.3. The maximum absolute atomic E-state index is 12.3. The van der Waals surface area contributed by atoms with E-state index in [-0.39, 0.29) is 23.9 Å². The lowest BCUT2D eigenvalue weighted by Gasteiger charge is -2.33. The third kappa shape index (κ3) is 4.22. The van der Waals surface area contributed by atoms with Crippen molar-refractivity contribution in [3.8, 4) is 0 Å². The molecule has 2 fully saturated rings. The van der Waals surface area contributed by atoms with Crippen LogP contribution in [0.5, 0.6) is 0 Å². The van der Waals surface area contributed by atoms with Crippen molar-refractivity contribution in [3.05, 3.63) is 0 Å². The first-order valence-electron chi connectivity index (χ1n) is 8.04. The van der Waals surface area contributed by atoms with E-state index in [1.165, 1.54) is 26.2 Å². The molecule has 0 aliphatic heterocycles. The molecule has 0 bridgehead atoms. The number of esters is 1. The molecule has 2 unspecified atom stereocenters. The molecular weight excluding hydrogens is 254 g/mol. The van der Waals surface area contributed by atoms with E-state index in [4.69, 9.17) is 4.74 Å². The van der Waals surface area contributed by atoms with Crippen LogP contribution in [0, 0.1) is 11.8 Å². The Hall–Kier alpha value is -1.06. The number of carbonyl (C=O) groups is 2. The van der Waals surface area contributed by atoms with Crippen molar-refractivity contribution >= 4 is 11.9 Å². The summed E-state index contributed by atoms with van der Waals surface area (Å²) in [5, 5.41) is 3.25. The SMILES string of the molecule is CC(=O)OC1CCC(C(=O)NC2CCCCC2C)CC1. The third-order valence-electron chi connectivity index (χ3n) is 4.82. The van der Waals surface area contributed by atoms with Gasteiger partial charge in [-0.05, 0) is 44.4 Å². The number of amides is 1. The molecule has 2 rings (SSSR count).